The largest absolute Gasteiger partial charge is 0.508 e. The topological polar surface area (TPSA) is 103 Å². The molecule has 0 aliphatic carbocycles. The Morgan fingerprint density at radius 3 is 2.67 bits per heavy atom. The highest BCUT2D eigenvalue weighted by molar-refractivity contribution is 6.07. The van der Waals surface area contributed by atoms with E-state index in [0.717, 1.165) is 6.07 Å². The van der Waals surface area contributed by atoms with E-state index in [-0.39, 0.29) is 28.3 Å². The Bertz CT molecular complexity index is 735. The molecule has 0 saturated carbocycles. The molecular weight excluding hydrogens is 272 g/mol. The molecule has 0 saturated heterocycles. The van der Waals surface area contributed by atoms with Crippen molar-refractivity contribution in [2.75, 3.05) is 12.4 Å². The monoisotopic (exact) mass is 284 g/mol. The number of carbonyl (C=O) groups excluding carboxylic acids is 1. The van der Waals surface area contributed by atoms with E-state index in [1.54, 1.807) is 12.1 Å². The zero-order valence-corrected chi connectivity index (χ0v) is 11.1. The summed E-state index contributed by atoms with van der Waals surface area (Å²) in [7, 11) is 1.42. The van der Waals surface area contributed by atoms with E-state index < -0.39 is 5.91 Å². The van der Waals surface area contributed by atoms with E-state index in [1.807, 2.05) is 6.07 Å². The summed E-state index contributed by atoms with van der Waals surface area (Å²) in [4.78, 5) is 12.2. The van der Waals surface area contributed by atoms with E-state index in [4.69, 9.17) is 10.00 Å². The molecule has 106 valence electrons. The van der Waals surface area contributed by atoms with E-state index in [9.17, 15) is 15.0 Å². The summed E-state index contributed by atoms with van der Waals surface area (Å²) in [6.07, 6.45) is 0. The second-order valence-electron chi connectivity index (χ2n) is 4.15. The van der Waals surface area contributed by atoms with Crippen molar-refractivity contribution in [3.63, 3.8) is 0 Å². The van der Waals surface area contributed by atoms with Gasteiger partial charge in [-0.3, -0.25) is 4.79 Å². The number of methoxy groups -OCH3 is 1. The molecule has 0 aliphatic heterocycles. The van der Waals surface area contributed by atoms with E-state index in [1.165, 1.54) is 25.3 Å². The lowest BCUT2D eigenvalue weighted by molar-refractivity contribution is 0.102. The predicted octanol–water partition coefficient (Wildman–Crippen LogP) is 2.23. The maximum atomic E-state index is 12.2. The van der Waals surface area contributed by atoms with Crippen LogP contribution in [0.2, 0.25) is 0 Å². The van der Waals surface area contributed by atoms with Gasteiger partial charge in [-0.2, -0.15) is 5.26 Å². The summed E-state index contributed by atoms with van der Waals surface area (Å²) in [6, 6.07) is 10.3. The van der Waals surface area contributed by atoms with Gasteiger partial charge in [0.05, 0.1) is 18.2 Å². The molecule has 21 heavy (non-hydrogen) atoms. The Kier molecular flexibility index (Phi) is 3.95. The highest BCUT2D eigenvalue weighted by Gasteiger charge is 2.16. The van der Waals surface area contributed by atoms with Crippen molar-refractivity contribution in [2.45, 2.75) is 0 Å². The maximum Gasteiger partial charge on any atom is 0.259 e. The van der Waals surface area contributed by atoms with Crippen molar-refractivity contribution >= 4 is 11.6 Å². The SMILES string of the molecule is COc1cccc(C#N)c1NC(=O)c1ccc(O)cc1O. The molecule has 2 aromatic carbocycles. The number of carbonyl (C=O) groups is 1. The number of amides is 1. The van der Waals surface area contributed by atoms with Gasteiger partial charge in [-0.25, -0.2) is 0 Å². The standard InChI is InChI=1S/C15H12N2O4/c1-21-13-4-2-3-9(8-16)14(13)17-15(20)11-6-5-10(18)7-12(11)19/h2-7,18-19H,1H3,(H,17,20). The summed E-state index contributed by atoms with van der Waals surface area (Å²) in [5, 5.41) is 30.5. The number of nitrogens with zero attached hydrogens (tertiary/aromatic N) is 1. The maximum absolute atomic E-state index is 12.2. The predicted molar refractivity (Wildman–Crippen MR) is 75.4 cm³/mol. The van der Waals surface area contributed by atoms with Gasteiger partial charge in [0.15, 0.2) is 0 Å². The van der Waals surface area contributed by atoms with E-state index >= 15 is 0 Å². The van der Waals surface area contributed by atoms with Gasteiger partial charge in [-0.15, -0.1) is 0 Å². The lowest BCUT2D eigenvalue weighted by Crippen LogP contribution is -2.14. The van der Waals surface area contributed by atoms with Crippen molar-refractivity contribution in [1.82, 2.24) is 0 Å². The van der Waals surface area contributed by atoms with Crippen LogP contribution in [0.5, 0.6) is 17.2 Å². The molecule has 0 aromatic heterocycles. The van der Waals surface area contributed by atoms with Crippen LogP contribution in [0.15, 0.2) is 36.4 Å². The van der Waals surface area contributed by atoms with Gasteiger partial charge in [0.25, 0.3) is 5.91 Å². The molecule has 6 nitrogen and oxygen atoms in total. The third-order valence-electron chi connectivity index (χ3n) is 2.83. The lowest BCUT2D eigenvalue weighted by Gasteiger charge is -2.12. The van der Waals surface area contributed by atoms with Crippen LogP contribution in [0.3, 0.4) is 0 Å². The minimum absolute atomic E-state index is 0.0254. The summed E-state index contributed by atoms with van der Waals surface area (Å²) < 4.78 is 5.11. The third kappa shape index (κ3) is 2.87. The summed E-state index contributed by atoms with van der Waals surface area (Å²) in [5.41, 5.74) is 0.434. The molecule has 1 amide bonds. The number of phenolic OH excluding ortho intramolecular Hbond substituents is 2. The Balaban J connectivity index is 2.38. The first-order valence-corrected chi connectivity index (χ1v) is 5.97. The van der Waals surface area contributed by atoms with Crippen LogP contribution in [-0.4, -0.2) is 23.2 Å². The molecule has 0 heterocycles. The molecule has 0 atom stereocenters. The van der Waals surface area contributed by atoms with Crippen molar-refractivity contribution in [3.05, 3.63) is 47.5 Å². The van der Waals surface area contributed by atoms with Crippen LogP contribution in [0.1, 0.15) is 15.9 Å². The highest BCUT2D eigenvalue weighted by atomic mass is 16.5. The second kappa shape index (κ2) is 5.84. The molecule has 2 rings (SSSR count). The summed E-state index contributed by atoms with van der Waals surface area (Å²) in [5.74, 6) is -0.797. The summed E-state index contributed by atoms with van der Waals surface area (Å²) >= 11 is 0. The normalized spacial score (nSPS) is 9.71. The van der Waals surface area contributed by atoms with Gasteiger partial charge >= 0.3 is 0 Å². The molecule has 0 radical (unpaired) electrons. The van der Waals surface area contributed by atoms with Gasteiger partial charge in [-0.05, 0) is 24.3 Å². The zero-order chi connectivity index (χ0) is 15.4. The quantitative estimate of drug-likeness (QED) is 0.802. The number of para-hydroxylation sites is 1. The van der Waals surface area contributed by atoms with Gasteiger partial charge in [0.2, 0.25) is 0 Å². The van der Waals surface area contributed by atoms with Gasteiger partial charge in [0, 0.05) is 6.07 Å². The number of phenols is 2. The average molecular weight is 284 g/mol. The van der Waals surface area contributed by atoms with Crippen molar-refractivity contribution in [3.8, 4) is 23.3 Å². The van der Waals surface area contributed by atoms with Gasteiger partial charge in [0.1, 0.15) is 29.0 Å². The van der Waals surface area contributed by atoms with Gasteiger partial charge < -0.3 is 20.3 Å². The van der Waals surface area contributed by atoms with E-state index in [0.29, 0.717) is 5.75 Å². The first kappa shape index (κ1) is 14.2. The molecule has 3 N–H and O–H groups in total. The number of hydrogen-bond donors (Lipinski definition) is 3. The Hall–Kier alpha value is -3.20. The molecule has 0 fully saturated rings. The fourth-order valence-corrected chi connectivity index (χ4v) is 1.82. The Morgan fingerprint density at radius 2 is 2.05 bits per heavy atom. The smallest absolute Gasteiger partial charge is 0.259 e. The minimum atomic E-state index is -0.617. The molecule has 2 aromatic rings. The first-order chi connectivity index (χ1) is 10.1. The number of benzene rings is 2. The fraction of sp³-hybridized carbons (Fsp3) is 0.0667. The molecule has 0 bridgehead atoms. The van der Waals surface area contributed by atoms with Crippen molar-refractivity contribution < 1.29 is 19.7 Å². The Labute approximate surface area is 120 Å². The zero-order valence-electron chi connectivity index (χ0n) is 11.1. The number of hydrogen-bond acceptors (Lipinski definition) is 5. The second-order valence-corrected chi connectivity index (χ2v) is 4.15. The van der Waals surface area contributed by atoms with E-state index in [2.05, 4.69) is 5.32 Å². The number of anilines is 1. The van der Waals surface area contributed by atoms with Gasteiger partial charge in [-0.1, -0.05) is 6.07 Å². The minimum Gasteiger partial charge on any atom is -0.508 e. The fourth-order valence-electron chi connectivity index (χ4n) is 1.82. The molecule has 0 aliphatic rings. The van der Waals surface area contributed by atoms with Crippen LogP contribution in [0.25, 0.3) is 0 Å². The molecule has 6 heteroatoms. The summed E-state index contributed by atoms with van der Waals surface area (Å²) in [6.45, 7) is 0. The first-order valence-electron chi connectivity index (χ1n) is 5.97. The van der Waals surface area contributed by atoms with Crippen LogP contribution >= 0.6 is 0 Å². The number of aromatic hydroxyl groups is 2. The molecular formula is C15H12N2O4. The van der Waals surface area contributed by atoms with Crippen molar-refractivity contribution in [2.24, 2.45) is 0 Å². The van der Waals surface area contributed by atoms with Crippen LogP contribution in [0, 0.1) is 11.3 Å². The van der Waals surface area contributed by atoms with Crippen LogP contribution < -0.4 is 10.1 Å². The number of nitrogens with one attached hydrogen (secondary N) is 1. The Morgan fingerprint density at radius 1 is 1.29 bits per heavy atom. The third-order valence-corrected chi connectivity index (χ3v) is 2.83. The number of rotatable bonds is 3. The molecule has 0 unspecified atom stereocenters. The van der Waals surface area contributed by atoms with Crippen LogP contribution in [-0.2, 0) is 0 Å². The highest BCUT2D eigenvalue weighted by Crippen LogP contribution is 2.30. The molecule has 0 spiro atoms. The number of nitriles is 1. The average Bonchev–Trinajstić information content (AvgIpc) is 2.47. The number of ether oxygens (including phenoxy) is 1. The van der Waals surface area contributed by atoms with Crippen molar-refractivity contribution in [1.29, 1.82) is 5.26 Å². The van der Waals surface area contributed by atoms with Crippen LogP contribution in [0.4, 0.5) is 5.69 Å². The lowest BCUT2D eigenvalue weighted by atomic mass is 10.1.